The van der Waals surface area contributed by atoms with Crippen LogP contribution in [-0.2, 0) is 11.3 Å². The molecule has 0 atom stereocenters. The van der Waals surface area contributed by atoms with Gasteiger partial charge in [-0.2, -0.15) is 0 Å². The van der Waals surface area contributed by atoms with Crippen LogP contribution in [0.5, 0.6) is 0 Å². The number of aliphatic imine (C=N–C) groups is 1. The van der Waals surface area contributed by atoms with Crippen LogP contribution in [0.2, 0.25) is 0 Å². The molecule has 0 spiro atoms. The summed E-state index contributed by atoms with van der Waals surface area (Å²) in [7, 11) is 1.77. The lowest BCUT2D eigenvalue weighted by Gasteiger charge is -2.12. The number of halogens is 1. The summed E-state index contributed by atoms with van der Waals surface area (Å²) in [6, 6.07) is 5.25. The largest absolute Gasteiger partial charge is 0.381 e. The Balaban J connectivity index is 0.00000576. The molecule has 2 N–H and O–H groups in total. The molecule has 0 aromatic carbocycles. The van der Waals surface area contributed by atoms with Crippen molar-refractivity contribution in [2.24, 2.45) is 4.99 Å². The molecule has 0 aliphatic carbocycles. The predicted octanol–water partition coefficient (Wildman–Crippen LogP) is 2.62. The highest BCUT2D eigenvalue weighted by Crippen LogP contribution is 1.92. The van der Waals surface area contributed by atoms with Gasteiger partial charge in [-0.05, 0) is 31.7 Å². The Bertz CT molecular complexity index is 520. The van der Waals surface area contributed by atoms with Gasteiger partial charge >= 0.3 is 0 Å². The van der Waals surface area contributed by atoms with Crippen LogP contribution in [0.4, 0.5) is 0 Å². The van der Waals surface area contributed by atoms with Crippen LogP contribution in [0.25, 0.3) is 0 Å². The summed E-state index contributed by atoms with van der Waals surface area (Å²) < 4.78 is 7.27. The number of ether oxygens (including phenoxy) is 1. The first-order valence-corrected chi connectivity index (χ1v) is 8.95. The molecule has 0 bridgehead atoms. The van der Waals surface area contributed by atoms with Crippen molar-refractivity contribution < 1.29 is 4.74 Å². The lowest BCUT2D eigenvalue weighted by Crippen LogP contribution is -2.38. The lowest BCUT2D eigenvalue weighted by atomic mass is 10.3. The second-order valence-corrected chi connectivity index (χ2v) is 5.68. The van der Waals surface area contributed by atoms with Gasteiger partial charge in [0.1, 0.15) is 0 Å². The lowest BCUT2D eigenvalue weighted by molar-refractivity contribution is 0.129. The number of rotatable bonds is 12. The molecule has 0 aliphatic heterocycles. The van der Waals surface area contributed by atoms with Crippen molar-refractivity contribution in [1.29, 1.82) is 0 Å². The van der Waals surface area contributed by atoms with Gasteiger partial charge in [0, 0.05) is 52.2 Å². The molecule has 1 heterocycles. The molecule has 0 radical (unpaired) electrons. The Morgan fingerprint density at radius 1 is 1.12 bits per heavy atom. The van der Waals surface area contributed by atoms with Crippen LogP contribution in [0, 0.1) is 0 Å². The molecule has 0 amide bonds. The van der Waals surface area contributed by atoms with Crippen molar-refractivity contribution in [3.63, 3.8) is 0 Å². The van der Waals surface area contributed by atoms with Crippen molar-refractivity contribution in [1.82, 2.24) is 15.2 Å². The Labute approximate surface area is 168 Å². The third kappa shape index (κ3) is 12.0. The van der Waals surface area contributed by atoms with Gasteiger partial charge in [-0.3, -0.25) is 9.79 Å². The van der Waals surface area contributed by atoms with Gasteiger partial charge in [-0.25, -0.2) is 0 Å². The van der Waals surface area contributed by atoms with Crippen LogP contribution in [0.1, 0.15) is 39.0 Å². The topological polar surface area (TPSA) is 67.7 Å². The van der Waals surface area contributed by atoms with E-state index in [1.807, 2.05) is 12.3 Å². The summed E-state index contributed by atoms with van der Waals surface area (Å²) in [5.41, 5.74) is 0.0593. The smallest absolute Gasteiger partial charge is 0.250 e. The fourth-order valence-corrected chi connectivity index (χ4v) is 2.21. The summed E-state index contributed by atoms with van der Waals surface area (Å²) in [5, 5.41) is 6.57. The molecule has 0 aliphatic rings. The zero-order valence-corrected chi connectivity index (χ0v) is 17.8. The van der Waals surface area contributed by atoms with E-state index < -0.39 is 0 Å². The second-order valence-electron chi connectivity index (χ2n) is 5.68. The Morgan fingerprint density at radius 3 is 2.52 bits per heavy atom. The third-order valence-corrected chi connectivity index (χ3v) is 3.64. The molecule has 0 saturated carbocycles. The minimum atomic E-state index is 0. The number of nitrogens with one attached hydrogen (secondary N) is 2. The van der Waals surface area contributed by atoms with Gasteiger partial charge in [0.25, 0.3) is 0 Å². The molecule has 0 fully saturated rings. The molecule has 1 rings (SSSR count). The molecule has 1 aromatic heterocycles. The Morgan fingerprint density at radius 2 is 1.84 bits per heavy atom. The maximum Gasteiger partial charge on any atom is 0.250 e. The predicted molar refractivity (Wildman–Crippen MR) is 115 cm³/mol. The normalized spacial score (nSPS) is 11.0. The molecular formula is C18H33IN4O2. The number of aromatic nitrogens is 1. The number of hydrogen-bond acceptors (Lipinski definition) is 3. The van der Waals surface area contributed by atoms with Crippen molar-refractivity contribution in [3.05, 3.63) is 34.7 Å². The van der Waals surface area contributed by atoms with Gasteiger partial charge in [0.15, 0.2) is 5.96 Å². The Hall–Kier alpha value is -1.09. The number of hydrogen-bond donors (Lipinski definition) is 2. The first-order valence-electron chi connectivity index (χ1n) is 8.95. The number of unbranched alkanes of at least 4 members (excludes halogenated alkanes) is 2. The molecule has 0 saturated heterocycles. The molecular weight excluding hydrogens is 431 g/mol. The molecule has 6 nitrogen and oxygen atoms in total. The number of nitrogens with zero attached hydrogens (tertiary/aromatic N) is 2. The van der Waals surface area contributed by atoms with E-state index in [9.17, 15) is 4.79 Å². The fourth-order valence-electron chi connectivity index (χ4n) is 2.21. The van der Waals surface area contributed by atoms with Crippen molar-refractivity contribution in [3.8, 4) is 0 Å². The average Bonchev–Trinajstić information content (AvgIpc) is 2.60. The monoisotopic (exact) mass is 464 g/mol. The van der Waals surface area contributed by atoms with Gasteiger partial charge in [0.05, 0.1) is 0 Å². The second kappa shape index (κ2) is 16.4. The quantitative estimate of drug-likeness (QED) is 0.216. The van der Waals surface area contributed by atoms with Gasteiger partial charge in [-0.1, -0.05) is 19.4 Å². The number of guanidine groups is 1. The SMILES string of the molecule is CCCCOCCCNC(=NC)NCCCCn1ccccc1=O.I. The number of pyridine rings is 1. The maximum absolute atomic E-state index is 11.6. The van der Waals surface area contributed by atoms with E-state index in [4.69, 9.17) is 4.74 Å². The summed E-state index contributed by atoms with van der Waals surface area (Å²) in [6.45, 7) is 6.25. The standard InChI is InChI=1S/C18H32N4O2.HI/c1-3-4-15-24-16-9-12-21-18(19-2)20-11-6-8-14-22-13-7-5-10-17(22)23;/h5,7,10,13H,3-4,6,8-9,11-12,14-16H2,1-2H3,(H2,19,20,21);1H. The van der Waals surface area contributed by atoms with Crippen LogP contribution >= 0.6 is 24.0 Å². The molecule has 25 heavy (non-hydrogen) atoms. The summed E-state index contributed by atoms with van der Waals surface area (Å²) in [4.78, 5) is 15.8. The van der Waals surface area contributed by atoms with E-state index in [2.05, 4.69) is 22.5 Å². The highest BCUT2D eigenvalue weighted by Gasteiger charge is 1.98. The van der Waals surface area contributed by atoms with Crippen molar-refractivity contribution >= 4 is 29.9 Å². The van der Waals surface area contributed by atoms with Crippen LogP contribution in [-0.4, -0.2) is 43.9 Å². The maximum atomic E-state index is 11.6. The van der Waals surface area contributed by atoms with Crippen LogP contribution < -0.4 is 16.2 Å². The molecule has 7 heteroatoms. The van der Waals surface area contributed by atoms with E-state index in [1.54, 1.807) is 23.7 Å². The first kappa shape index (κ1) is 23.9. The first-order chi connectivity index (χ1) is 11.8. The van der Waals surface area contributed by atoms with Crippen molar-refractivity contribution in [2.45, 2.75) is 45.6 Å². The third-order valence-electron chi connectivity index (χ3n) is 3.64. The summed E-state index contributed by atoms with van der Waals surface area (Å²) >= 11 is 0. The highest BCUT2D eigenvalue weighted by atomic mass is 127. The molecule has 144 valence electrons. The van der Waals surface area contributed by atoms with E-state index in [0.717, 1.165) is 64.5 Å². The van der Waals surface area contributed by atoms with E-state index in [-0.39, 0.29) is 29.5 Å². The van der Waals surface area contributed by atoms with E-state index in [1.165, 1.54) is 6.42 Å². The highest BCUT2D eigenvalue weighted by molar-refractivity contribution is 14.0. The van der Waals surface area contributed by atoms with Gasteiger partial charge in [0.2, 0.25) is 5.56 Å². The molecule has 0 unspecified atom stereocenters. The summed E-state index contributed by atoms with van der Waals surface area (Å²) in [6.07, 6.45) is 7.06. The van der Waals surface area contributed by atoms with Crippen LogP contribution in [0.3, 0.4) is 0 Å². The van der Waals surface area contributed by atoms with Crippen LogP contribution in [0.15, 0.2) is 34.2 Å². The van der Waals surface area contributed by atoms with Gasteiger partial charge < -0.3 is 19.9 Å². The minimum Gasteiger partial charge on any atom is -0.381 e. The zero-order chi connectivity index (χ0) is 17.5. The van der Waals surface area contributed by atoms with Crippen molar-refractivity contribution in [2.75, 3.05) is 33.4 Å². The molecule has 1 aromatic rings. The average molecular weight is 464 g/mol. The minimum absolute atomic E-state index is 0. The summed E-state index contributed by atoms with van der Waals surface area (Å²) in [5.74, 6) is 0.820. The van der Waals surface area contributed by atoms with E-state index in [0.29, 0.717) is 0 Å². The Kier molecular flexibility index (Phi) is 15.7. The van der Waals surface area contributed by atoms with Gasteiger partial charge in [-0.15, -0.1) is 24.0 Å². The fraction of sp³-hybridized carbons (Fsp3) is 0.667. The van der Waals surface area contributed by atoms with E-state index >= 15 is 0 Å². The zero-order valence-electron chi connectivity index (χ0n) is 15.5. The number of aryl methyl sites for hydroxylation is 1.